The van der Waals surface area contributed by atoms with Crippen LogP contribution >= 0.6 is 0 Å². The quantitative estimate of drug-likeness (QED) is 0.255. The van der Waals surface area contributed by atoms with Crippen LogP contribution in [0, 0.1) is 24.0 Å². The minimum Gasteiger partial charge on any atom is -0.478 e. The van der Waals surface area contributed by atoms with Crippen LogP contribution in [0.15, 0.2) is 70.7 Å². The Labute approximate surface area is 189 Å². The Balaban J connectivity index is 1.92. The molecule has 0 fully saturated rings. The number of carbonyl (C=O) groups is 1. The third-order valence-corrected chi connectivity index (χ3v) is 6.05. The van der Waals surface area contributed by atoms with E-state index in [2.05, 4.69) is 15.2 Å². The van der Waals surface area contributed by atoms with Crippen molar-refractivity contribution in [3.8, 4) is 0 Å². The summed E-state index contributed by atoms with van der Waals surface area (Å²) in [6.07, 6.45) is 1.36. The smallest absolute Gasteiger partial charge is 0.335 e. The van der Waals surface area contributed by atoms with Gasteiger partial charge < -0.3 is 5.11 Å². The highest BCUT2D eigenvalue weighted by Crippen LogP contribution is 2.29. The van der Waals surface area contributed by atoms with Crippen molar-refractivity contribution in [1.29, 1.82) is 0 Å². The van der Waals surface area contributed by atoms with Crippen LogP contribution in [0.25, 0.3) is 0 Å². The van der Waals surface area contributed by atoms with Crippen LogP contribution in [0.5, 0.6) is 0 Å². The second-order valence-electron chi connectivity index (χ2n) is 7.16. The second kappa shape index (κ2) is 9.49. The minimum atomic E-state index is -4.20. The van der Waals surface area contributed by atoms with Crippen molar-refractivity contribution in [3.63, 3.8) is 0 Å². The molecule has 170 valence electrons. The highest BCUT2D eigenvalue weighted by atomic mass is 32.2. The number of anilines is 2. The summed E-state index contributed by atoms with van der Waals surface area (Å²) >= 11 is 0. The van der Waals surface area contributed by atoms with Crippen LogP contribution in [0.4, 0.5) is 17.1 Å². The topological polar surface area (TPSA) is 151 Å². The highest BCUT2D eigenvalue weighted by Gasteiger charge is 2.23. The fraction of sp³-hybridized carbons (Fsp3) is 0.0909. The molecular weight excluding hydrogens is 448 g/mol. The molecule has 3 rings (SSSR count). The van der Waals surface area contributed by atoms with Gasteiger partial charge in [-0.15, -0.1) is 0 Å². The van der Waals surface area contributed by atoms with E-state index in [1.54, 1.807) is 19.1 Å². The van der Waals surface area contributed by atoms with E-state index in [4.69, 9.17) is 5.11 Å². The van der Waals surface area contributed by atoms with Gasteiger partial charge in [0.2, 0.25) is 0 Å². The van der Waals surface area contributed by atoms with Crippen molar-refractivity contribution >= 4 is 39.3 Å². The minimum absolute atomic E-state index is 0.0243. The lowest BCUT2D eigenvalue weighted by Crippen LogP contribution is -2.16. The summed E-state index contributed by atoms with van der Waals surface area (Å²) in [7, 11) is -4.20. The lowest BCUT2D eigenvalue weighted by Gasteiger charge is -2.14. The lowest BCUT2D eigenvalue weighted by molar-refractivity contribution is -0.385. The van der Waals surface area contributed by atoms with E-state index >= 15 is 0 Å². The van der Waals surface area contributed by atoms with Crippen LogP contribution in [0.2, 0.25) is 0 Å². The van der Waals surface area contributed by atoms with E-state index in [9.17, 15) is 23.3 Å². The van der Waals surface area contributed by atoms with Gasteiger partial charge in [-0.25, -0.2) is 13.2 Å². The molecule has 0 aliphatic rings. The van der Waals surface area contributed by atoms with Gasteiger partial charge in [-0.3, -0.25) is 20.3 Å². The molecule has 3 aromatic carbocycles. The van der Waals surface area contributed by atoms with E-state index in [1.807, 2.05) is 13.0 Å². The molecule has 0 radical (unpaired) electrons. The molecule has 0 heterocycles. The molecule has 0 amide bonds. The van der Waals surface area contributed by atoms with Crippen LogP contribution in [0.3, 0.4) is 0 Å². The van der Waals surface area contributed by atoms with Crippen LogP contribution in [-0.2, 0) is 10.0 Å². The molecule has 3 N–H and O–H groups in total. The summed E-state index contributed by atoms with van der Waals surface area (Å²) in [6.45, 7) is 3.62. The molecule has 0 unspecified atom stereocenters. The van der Waals surface area contributed by atoms with E-state index < -0.39 is 26.6 Å². The van der Waals surface area contributed by atoms with Gasteiger partial charge >= 0.3 is 5.97 Å². The molecule has 0 saturated heterocycles. The zero-order valence-electron chi connectivity index (χ0n) is 17.6. The zero-order valence-corrected chi connectivity index (χ0v) is 18.5. The van der Waals surface area contributed by atoms with Gasteiger partial charge in [0.15, 0.2) is 0 Å². The number of carboxylic acids is 1. The number of hydrazone groups is 1. The van der Waals surface area contributed by atoms with Gasteiger partial charge in [0.1, 0.15) is 4.90 Å². The largest absolute Gasteiger partial charge is 0.478 e. The first kappa shape index (κ1) is 23.4. The maximum absolute atomic E-state index is 13.1. The summed E-state index contributed by atoms with van der Waals surface area (Å²) in [4.78, 5) is 21.1. The van der Waals surface area contributed by atoms with Gasteiger partial charge in [-0.05, 0) is 49.2 Å². The predicted molar refractivity (Wildman–Crippen MR) is 124 cm³/mol. The monoisotopic (exact) mass is 468 g/mol. The number of aryl methyl sites for hydroxylation is 2. The maximum Gasteiger partial charge on any atom is 0.335 e. The Morgan fingerprint density at radius 2 is 1.70 bits per heavy atom. The molecule has 0 bridgehead atoms. The van der Waals surface area contributed by atoms with Crippen molar-refractivity contribution in [2.75, 3.05) is 10.1 Å². The first-order valence-corrected chi connectivity index (χ1v) is 11.1. The lowest BCUT2D eigenvalue weighted by atomic mass is 10.1. The normalized spacial score (nSPS) is 11.3. The molecule has 0 aromatic heterocycles. The SMILES string of the molecule is Cc1ccc(NS(=O)(=O)c2cc([N+](=O)[O-])ccc2N/N=C\c2ccc(C(=O)O)cc2)c(C)c1. The number of benzene rings is 3. The molecule has 3 aromatic rings. The van der Waals surface area contributed by atoms with Crippen molar-refractivity contribution in [2.24, 2.45) is 5.10 Å². The summed E-state index contributed by atoms with van der Waals surface area (Å²) < 4.78 is 28.6. The van der Waals surface area contributed by atoms with Gasteiger partial charge in [-0.2, -0.15) is 5.10 Å². The number of non-ortho nitro benzene ring substituents is 1. The van der Waals surface area contributed by atoms with Crippen molar-refractivity contribution in [3.05, 3.63) is 93.0 Å². The number of carboxylic acid groups (broad SMARTS) is 1. The number of aromatic carboxylic acids is 1. The predicted octanol–water partition coefficient (Wildman–Crippen LogP) is 4.16. The van der Waals surface area contributed by atoms with E-state index in [1.165, 1.54) is 36.5 Å². The van der Waals surface area contributed by atoms with Gasteiger partial charge in [-0.1, -0.05) is 29.8 Å². The molecule has 11 heteroatoms. The number of nitrogens with zero attached hydrogens (tertiary/aromatic N) is 2. The molecule has 10 nitrogen and oxygen atoms in total. The Morgan fingerprint density at radius 3 is 2.30 bits per heavy atom. The van der Waals surface area contributed by atoms with Crippen molar-refractivity contribution in [2.45, 2.75) is 18.7 Å². The zero-order chi connectivity index (χ0) is 24.2. The number of nitrogens with one attached hydrogen (secondary N) is 2. The molecule has 0 saturated carbocycles. The molecular formula is C22H20N4O6S. The molecule has 0 spiro atoms. The van der Waals surface area contributed by atoms with Crippen molar-refractivity contribution < 1.29 is 23.2 Å². The fourth-order valence-corrected chi connectivity index (χ4v) is 4.26. The van der Waals surface area contributed by atoms with E-state index in [0.29, 0.717) is 16.8 Å². The number of nitro benzene ring substituents is 1. The first-order valence-electron chi connectivity index (χ1n) is 9.58. The Kier molecular flexibility index (Phi) is 6.73. The maximum atomic E-state index is 13.1. The van der Waals surface area contributed by atoms with Crippen molar-refractivity contribution in [1.82, 2.24) is 0 Å². The average Bonchev–Trinajstić information content (AvgIpc) is 2.76. The van der Waals surface area contributed by atoms with Gasteiger partial charge in [0, 0.05) is 12.1 Å². The Hall–Kier alpha value is -4.25. The molecule has 0 aliphatic heterocycles. The summed E-state index contributed by atoms with van der Waals surface area (Å²) in [5, 5.41) is 24.1. The standard InChI is InChI=1S/C22H20N4O6S/c1-14-3-9-19(15(2)11-14)25-33(31,32)21-12-18(26(29)30)8-10-20(21)24-23-13-16-4-6-17(7-5-16)22(27)28/h3-13,24-25H,1-2H3,(H,27,28)/b23-13-. The van der Waals surface area contributed by atoms with Gasteiger partial charge in [0.05, 0.1) is 28.1 Å². The number of hydrogen-bond donors (Lipinski definition) is 3. The van der Waals surface area contributed by atoms with Gasteiger partial charge in [0.25, 0.3) is 15.7 Å². The number of sulfonamides is 1. The number of hydrogen-bond acceptors (Lipinski definition) is 7. The average molecular weight is 468 g/mol. The number of nitro groups is 1. The summed E-state index contributed by atoms with van der Waals surface area (Å²) in [5.74, 6) is -1.06. The van der Waals surface area contributed by atoms with Crippen LogP contribution in [-0.4, -0.2) is 30.6 Å². The second-order valence-corrected chi connectivity index (χ2v) is 8.81. The molecule has 0 aliphatic carbocycles. The third kappa shape index (κ3) is 5.71. The highest BCUT2D eigenvalue weighted by molar-refractivity contribution is 7.92. The fourth-order valence-electron chi connectivity index (χ4n) is 2.96. The Bertz CT molecular complexity index is 1350. The number of rotatable bonds is 8. The molecule has 33 heavy (non-hydrogen) atoms. The Morgan fingerprint density at radius 1 is 1.03 bits per heavy atom. The molecule has 0 atom stereocenters. The first-order chi connectivity index (χ1) is 15.6. The van der Waals surface area contributed by atoms with Crippen LogP contribution < -0.4 is 10.1 Å². The van der Waals surface area contributed by atoms with E-state index in [0.717, 1.165) is 17.7 Å². The third-order valence-electron chi connectivity index (χ3n) is 4.65. The summed E-state index contributed by atoms with van der Waals surface area (Å²) in [6, 6.07) is 14.4. The summed E-state index contributed by atoms with van der Waals surface area (Å²) in [5.41, 5.74) is 4.90. The van der Waals surface area contributed by atoms with Crippen LogP contribution in [0.1, 0.15) is 27.0 Å². The van der Waals surface area contributed by atoms with E-state index in [-0.39, 0.29) is 16.1 Å².